The Labute approximate surface area is 103 Å². The summed E-state index contributed by atoms with van der Waals surface area (Å²) in [5, 5.41) is 4.07. The van der Waals surface area contributed by atoms with Crippen molar-refractivity contribution in [3.63, 3.8) is 0 Å². The Balaban J connectivity index is 1.63. The second kappa shape index (κ2) is 6.97. The lowest BCUT2D eigenvalue weighted by Gasteiger charge is -2.22. The fourth-order valence-corrected chi connectivity index (χ4v) is 1.82. The molecule has 4 radical (unpaired) electrons. The van der Waals surface area contributed by atoms with Crippen LogP contribution in [-0.4, -0.2) is 31.3 Å². The van der Waals surface area contributed by atoms with E-state index >= 15 is 0 Å². The van der Waals surface area contributed by atoms with Gasteiger partial charge in [0.25, 0.3) is 0 Å². The summed E-state index contributed by atoms with van der Waals surface area (Å²) < 4.78 is 11.0. The molecule has 2 rings (SSSR count). The van der Waals surface area contributed by atoms with Crippen molar-refractivity contribution in [1.82, 2.24) is 0 Å². The second-order valence-corrected chi connectivity index (χ2v) is 4.15. The molecule has 1 atom stereocenters. The molecule has 94 valence electrons. The van der Waals surface area contributed by atoms with E-state index in [1.165, 1.54) is 0 Å². The number of hydrogen-bond donors (Lipinski definition) is 0. The van der Waals surface area contributed by atoms with Crippen molar-refractivity contribution in [3.8, 4) is 0 Å². The highest BCUT2D eigenvalue weighted by Gasteiger charge is 2.25. The molecule has 0 aromatic carbocycles. The van der Waals surface area contributed by atoms with Gasteiger partial charge in [0.1, 0.15) is 6.10 Å². The van der Waals surface area contributed by atoms with E-state index in [2.05, 4.69) is 5.16 Å². The molecule has 17 heavy (non-hydrogen) atoms. The topological polar surface area (TPSA) is 40.0 Å². The van der Waals surface area contributed by atoms with E-state index in [1.807, 2.05) is 32.6 Å². The number of ether oxygens (including phenoxy) is 2. The van der Waals surface area contributed by atoms with Crippen molar-refractivity contribution < 1.29 is 14.3 Å². The van der Waals surface area contributed by atoms with E-state index < -0.39 is 0 Å². The Hall–Kier alpha value is -0.610. The molecule has 0 aromatic rings. The maximum absolute atomic E-state index is 5.49. The molecular formula is C13H19NO3. The maximum Gasteiger partial charge on any atom is 0.162 e. The van der Waals surface area contributed by atoms with Crippen LogP contribution in [0.2, 0.25) is 0 Å². The van der Waals surface area contributed by atoms with Gasteiger partial charge in [-0.05, 0) is 25.7 Å². The van der Waals surface area contributed by atoms with Crippen molar-refractivity contribution in [2.75, 3.05) is 13.2 Å². The largest absolute Gasteiger partial charge is 0.392 e. The van der Waals surface area contributed by atoms with Gasteiger partial charge >= 0.3 is 0 Å². The van der Waals surface area contributed by atoms with Crippen LogP contribution in [0.25, 0.3) is 0 Å². The van der Waals surface area contributed by atoms with Crippen LogP contribution in [0, 0.1) is 25.7 Å². The zero-order valence-corrected chi connectivity index (χ0v) is 10.2. The van der Waals surface area contributed by atoms with Gasteiger partial charge in [-0.25, -0.2) is 0 Å². The minimum Gasteiger partial charge on any atom is -0.392 e. The van der Waals surface area contributed by atoms with Gasteiger partial charge in [-0.1, -0.05) is 12.1 Å². The molecule has 4 nitrogen and oxygen atoms in total. The molecule has 4 heteroatoms. The van der Waals surface area contributed by atoms with Gasteiger partial charge in [-0.3, -0.25) is 0 Å². The summed E-state index contributed by atoms with van der Waals surface area (Å²) >= 11 is 0. The van der Waals surface area contributed by atoms with Gasteiger partial charge in [0.2, 0.25) is 0 Å². The molecule has 0 saturated carbocycles. The number of unbranched alkanes of at least 4 members (excludes halogenated alkanes) is 2. The summed E-state index contributed by atoms with van der Waals surface area (Å²) in [4.78, 5) is 5.31. The molecule has 0 N–H and O–H groups in total. The number of nitrogens with zero attached hydrogens (tertiary/aromatic N) is 1. The van der Waals surface area contributed by atoms with Crippen molar-refractivity contribution >= 4 is 5.71 Å². The molecule has 0 aromatic heterocycles. The second-order valence-electron chi connectivity index (χ2n) is 4.15. The lowest BCUT2D eigenvalue weighted by molar-refractivity contribution is -0.173. The lowest BCUT2D eigenvalue weighted by atomic mass is 10.0. The first kappa shape index (κ1) is 12.8. The monoisotopic (exact) mass is 237 g/mol. The van der Waals surface area contributed by atoms with Crippen LogP contribution in [0.5, 0.6) is 0 Å². The highest BCUT2D eigenvalue weighted by Crippen LogP contribution is 2.20. The van der Waals surface area contributed by atoms with Gasteiger partial charge in [0.05, 0.1) is 18.9 Å². The van der Waals surface area contributed by atoms with E-state index in [-0.39, 0.29) is 12.4 Å². The standard InChI is InChI=1S/C13H19NO3/c1-2-3-4-6-12-9-11(14-17-12)10-13-15-7-5-8-16-13/h2-4,6,12-13H,5,7-10H2,1H3/t12-/m1/s1. The third kappa shape index (κ3) is 4.28. The van der Waals surface area contributed by atoms with Gasteiger partial charge in [-0.2, -0.15) is 0 Å². The number of oxime groups is 1. The Morgan fingerprint density at radius 3 is 2.88 bits per heavy atom. The molecule has 0 bridgehead atoms. The first-order valence-corrected chi connectivity index (χ1v) is 6.12. The van der Waals surface area contributed by atoms with Crippen LogP contribution in [0.3, 0.4) is 0 Å². The van der Waals surface area contributed by atoms with Gasteiger partial charge < -0.3 is 14.3 Å². The van der Waals surface area contributed by atoms with Crippen LogP contribution < -0.4 is 0 Å². The minimum atomic E-state index is -0.135. The average molecular weight is 237 g/mol. The summed E-state index contributed by atoms with van der Waals surface area (Å²) in [6.07, 6.45) is 10.4. The maximum atomic E-state index is 5.49. The van der Waals surface area contributed by atoms with Crippen LogP contribution in [-0.2, 0) is 14.3 Å². The van der Waals surface area contributed by atoms with E-state index in [9.17, 15) is 0 Å². The molecule has 2 aliphatic heterocycles. The van der Waals surface area contributed by atoms with Gasteiger partial charge in [-0.15, -0.1) is 0 Å². The summed E-state index contributed by atoms with van der Waals surface area (Å²) in [6.45, 7) is 3.55. The Bertz CT molecular complexity index is 249. The minimum absolute atomic E-state index is 0.0600. The van der Waals surface area contributed by atoms with E-state index in [4.69, 9.17) is 14.3 Å². The van der Waals surface area contributed by atoms with Crippen LogP contribution in [0.1, 0.15) is 26.2 Å². The predicted octanol–water partition coefficient (Wildman–Crippen LogP) is 2.12. The third-order valence-corrected chi connectivity index (χ3v) is 2.68. The molecule has 1 saturated heterocycles. The molecular weight excluding hydrogens is 218 g/mol. The average Bonchev–Trinajstić information content (AvgIpc) is 2.79. The van der Waals surface area contributed by atoms with E-state index in [1.54, 1.807) is 0 Å². The van der Waals surface area contributed by atoms with Crippen LogP contribution in [0.4, 0.5) is 0 Å². The molecule has 0 aliphatic carbocycles. The zero-order chi connectivity index (χ0) is 11.9. The van der Waals surface area contributed by atoms with Gasteiger partial charge in [0, 0.05) is 19.3 Å². The fourth-order valence-electron chi connectivity index (χ4n) is 1.82. The van der Waals surface area contributed by atoms with Gasteiger partial charge in [0.15, 0.2) is 6.29 Å². The highest BCUT2D eigenvalue weighted by molar-refractivity contribution is 5.86. The summed E-state index contributed by atoms with van der Waals surface area (Å²) in [5.74, 6) is 0. The van der Waals surface area contributed by atoms with Crippen LogP contribution >= 0.6 is 0 Å². The normalized spacial score (nSPS) is 25.7. The van der Waals surface area contributed by atoms with Crippen LogP contribution in [0.15, 0.2) is 5.16 Å². The molecule has 0 unspecified atom stereocenters. The first-order valence-electron chi connectivity index (χ1n) is 6.12. The van der Waals surface area contributed by atoms with Crippen molar-refractivity contribution in [2.24, 2.45) is 5.16 Å². The molecule has 2 aliphatic rings. The summed E-state index contributed by atoms with van der Waals surface area (Å²) in [7, 11) is 0. The smallest absolute Gasteiger partial charge is 0.162 e. The number of rotatable bonds is 6. The summed E-state index contributed by atoms with van der Waals surface area (Å²) in [5.41, 5.74) is 1.02. The Morgan fingerprint density at radius 1 is 1.29 bits per heavy atom. The summed E-state index contributed by atoms with van der Waals surface area (Å²) in [6, 6.07) is 0. The SMILES string of the molecule is C[CH][CH][CH][CH][C@@H]1CC(CC2OCCCO2)=NO1. The Morgan fingerprint density at radius 2 is 2.12 bits per heavy atom. The highest BCUT2D eigenvalue weighted by atomic mass is 16.7. The molecule has 0 amide bonds. The predicted molar refractivity (Wildman–Crippen MR) is 64.7 cm³/mol. The van der Waals surface area contributed by atoms with E-state index in [0.717, 1.165) is 31.8 Å². The quantitative estimate of drug-likeness (QED) is 0.664. The molecule has 2 heterocycles. The zero-order valence-electron chi connectivity index (χ0n) is 10.2. The molecule has 0 spiro atoms. The van der Waals surface area contributed by atoms with E-state index in [0.29, 0.717) is 6.42 Å². The lowest BCUT2D eigenvalue weighted by Crippen LogP contribution is -2.27. The fraction of sp³-hybridized carbons (Fsp3) is 0.615. The van der Waals surface area contributed by atoms with Crippen molar-refractivity contribution in [2.45, 2.75) is 38.6 Å². The number of hydrogen-bond acceptors (Lipinski definition) is 4. The van der Waals surface area contributed by atoms with Crippen molar-refractivity contribution in [1.29, 1.82) is 0 Å². The third-order valence-electron chi connectivity index (χ3n) is 2.68. The van der Waals surface area contributed by atoms with Crippen molar-refractivity contribution in [3.05, 3.63) is 25.7 Å². The Kier molecular flexibility index (Phi) is 5.26. The molecule has 1 fully saturated rings. The first-order chi connectivity index (χ1) is 8.38.